The highest BCUT2D eigenvalue weighted by Gasteiger charge is 2.12. The van der Waals surface area contributed by atoms with Crippen LogP contribution in [0.4, 0.5) is 10.7 Å². The molecule has 0 spiro atoms. The summed E-state index contributed by atoms with van der Waals surface area (Å²) in [5, 5.41) is 6.77. The molecular formula is C10H17N3OS. The highest BCUT2D eigenvalue weighted by molar-refractivity contribution is 7.18. The Balaban J connectivity index is 2.64. The number of nitrogens with one attached hydrogen (secondary N) is 2. The smallest absolute Gasteiger partial charge is 0.263 e. The molecule has 1 aromatic rings. The number of unbranched alkanes of at least 4 members (excludes halogenated alkanes) is 1. The molecule has 15 heavy (non-hydrogen) atoms. The first-order valence-electron chi connectivity index (χ1n) is 5.04. The number of thiophene rings is 1. The number of nitrogens with two attached hydrogens (primary N) is 1. The van der Waals surface area contributed by atoms with E-state index >= 15 is 0 Å². The number of hydrogen-bond acceptors (Lipinski definition) is 4. The zero-order valence-electron chi connectivity index (χ0n) is 9.09. The summed E-state index contributed by atoms with van der Waals surface area (Å²) in [5.41, 5.74) is 6.27. The van der Waals surface area contributed by atoms with Crippen molar-refractivity contribution in [1.82, 2.24) is 5.32 Å². The second kappa shape index (κ2) is 5.60. The number of rotatable bonds is 5. The zero-order chi connectivity index (χ0) is 11.3. The van der Waals surface area contributed by atoms with Gasteiger partial charge in [0.2, 0.25) is 0 Å². The van der Waals surface area contributed by atoms with E-state index in [0.29, 0.717) is 10.6 Å². The molecule has 0 aromatic carbocycles. The van der Waals surface area contributed by atoms with Gasteiger partial charge in [0.05, 0.1) is 10.7 Å². The van der Waals surface area contributed by atoms with Crippen LogP contribution in [0.5, 0.6) is 0 Å². The Morgan fingerprint density at radius 2 is 2.33 bits per heavy atom. The summed E-state index contributed by atoms with van der Waals surface area (Å²) in [6.45, 7) is 3.06. The van der Waals surface area contributed by atoms with E-state index in [0.717, 1.165) is 24.4 Å². The maximum atomic E-state index is 11.4. The molecule has 0 saturated heterocycles. The predicted octanol–water partition coefficient (Wildman–Crippen LogP) is 1.90. The van der Waals surface area contributed by atoms with Crippen molar-refractivity contribution in [3.05, 3.63) is 10.9 Å². The van der Waals surface area contributed by atoms with Crippen molar-refractivity contribution in [2.45, 2.75) is 19.8 Å². The van der Waals surface area contributed by atoms with Crippen molar-refractivity contribution in [1.29, 1.82) is 0 Å². The molecule has 0 aliphatic heterocycles. The number of hydrogen-bond donors (Lipinski definition) is 3. The van der Waals surface area contributed by atoms with E-state index < -0.39 is 0 Å². The third kappa shape index (κ3) is 3.13. The van der Waals surface area contributed by atoms with Gasteiger partial charge in [0.25, 0.3) is 5.91 Å². The van der Waals surface area contributed by atoms with Crippen molar-refractivity contribution < 1.29 is 4.79 Å². The first-order chi connectivity index (χ1) is 7.19. The number of carbonyl (C=O) groups is 1. The summed E-state index contributed by atoms with van der Waals surface area (Å²) in [7, 11) is 1.60. The highest BCUT2D eigenvalue weighted by Crippen LogP contribution is 2.28. The Bertz CT molecular complexity index is 335. The minimum absolute atomic E-state index is 0.124. The van der Waals surface area contributed by atoms with Gasteiger partial charge in [0, 0.05) is 13.6 Å². The standard InChI is InChI=1S/C10H17N3OS/c1-3-4-5-13-8-6-7(11)9(15-8)10(14)12-2/h6,13H,3-5,11H2,1-2H3,(H,12,14). The second-order valence-corrected chi connectivity index (χ2v) is 4.31. The topological polar surface area (TPSA) is 67.1 Å². The Labute approximate surface area is 93.9 Å². The molecule has 1 heterocycles. The lowest BCUT2D eigenvalue weighted by molar-refractivity contribution is 0.0968. The van der Waals surface area contributed by atoms with Gasteiger partial charge in [-0.2, -0.15) is 0 Å². The van der Waals surface area contributed by atoms with Crippen molar-refractivity contribution in [2.24, 2.45) is 0 Å². The van der Waals surface area contributed by atoms with Crippen LogP contribution < -0.4 is 16.4 Å². The fraction of sp³-hybridized carbons (Fsp3) is 0.500. The Kier molecular flexibility index (Phi) is 4.42. The predicted molar refractivity (Wildman–Crippen MR) is 65.5 cm³/mol. The number of anilines is 2. The van der Waals surface area contributed by atoms with Gasteiger partial charge in [0.1, 0.15) is 4.88 Å². The van der Waals surface area contributed by atoms with Crippen molar-refractivity contribution in [2.75, 3.05) is 24.6 Å². The summed E-state index contributed by atoms with van der Waals surface area (Å²) in [6, 6.07) is 1.81. The van der Waals surface area contributed by atoms with Crippen molar-refractivity contribution in [3.63, 3.8) is 0 Å². The molecule has 4 nitrogen and oxygen atoms in total. The van der Waals surface area contributed by atoms with Crippen LogP contribution >= 0.6 is 11.3 Å². The second-order valence-electron chi connectivity index (χ2n) is 3.25. The van der Waals surface area contributed by atoms with Gasteiger partial charge in [-0.15, -0.1) is 11.3 Å². The van der Waals surface area contributed by atoms with Gasteiger partial charge in [-0.05, 0) is 12.5 Å². The molecule has 1 amide bonds. The van der Waals surface area contributed by atoms with E-state index in [1.54, 1.807) is 7.05 Å². The Hall–Kier alpha value is -1.23. The first kappa shape index (κ1) is 11.8. The van der Waals surface area contributed by atoms with Crippen LogP contribution in [0.3, 0.4) is 0 Å². The molecule has 0 bridgehead atoms. The molecule has 0 fully saturated rings. The molecular weight excluding hydrogens is 210 g/mol. The molecule has 0 aliphatic carbocycles. The Morgan fingerprint density at radius 1 is 1.60 bits per heavy atom. The van der Waals surface area contributed by atoms with Crippen LogP contribution in [0.1, 0.15) is 29.4 Å². The summed E-state index contributed by atoms with van der Waals surface area (Å²) in [5.74, 6) is -0.124. The molecule has 1 aromatic heterocycles. The zero-order valence-corrected chi connectivity index (χ0v) is 9.91. The minimum atomic E-state index is -0.124. The SMILES string of the molecule is CCCCNc1cc(N)c(C(=O)NC)s1. The van der Waals surface area contributed by atoms with E-state index in [2.05, 4.69) is 17.6 Å². The van der Waals surface area contributed by atoms with E-state index in [1.807, 2.05) is 6.07 Å². The fourth-order valence-corrected chi connectivity index (χ4v) is 2.12. The maximum Gasteiger partial charge on any atom is 0.263 e. The van der Waals surface area contributed by atoms with Gasteiger partial charge in [-0.3, -0.25) is 4.79 Å². The summed E-state index contributed by atoms with van der Waals surface area (Å²) in [4.78, 5) is 11.9. The van der Waals surface area contributed by atoms with Crippen LogP contribution in [0.25, 0.3) is 0 Å². The van der Waals surface area contributed by atoms with E-state index in [1.165, 1.54) is 11.3 Å². The largest absolute Gasteiger partial charge is 0.397 e. The lowest BCUT2D eigenvalue weighted by Gasteiger charge is -2.00. The molecule has 0 atom stereocenters. The van der Waals surface area contributed by atoms with Gasteiger partial charge in [-0.1, -0.05) is 13.3 Å². The van der Waals surface area contributed by atoms with Crippen LogP contribution in [0, 0.1) is 0 Å². The molecule has 84 valence electrons. The van der Waals surface area contributed by atoms with E-state index in [-0.39, 0.29) is 5.91 Å². The summed E-state index contributed by atoms with van der Waals surface area (Å²) in [6.07, 6.45) is 2.27. The van der Waals surface area contributed by atoms with Gasteiger partial charge in [0.15, 0.2) is 0 Å². The molecule has 1 rings (SSSR count). The number of carbonyl (C=O) groups excluding carboxylic acids is 1. The average molecular weight is 227 g/mol. The van der Waals surface area contributed by atoms with Crippen molar-refractivity contribution >= 4 is 27.9 Å². The first-order valence-corrected chi connectivity index (χ1v) is 5.86. The molecule has 0 unspecified atom stereocenters. The van der Waals surface area contributed by atoms with Gasteiger partial charge >= 0.3 is 0 Å². The maximum absolute atomic E-state index is 11.4. The van der Waals surface area contributed by atoms with Crippen molar-refractivity contribution in [3.8, 4) is 0 Å². The van der Waals surface area contributed by atoms with Gasteiger partial charge < -0.3 is 16.4 Å². The third-order valence-electron chi connectivity index (χ3n) is 2.02. The third-order valence-corrected chi connectivity index (χ3v) is 3.13. The normalized spacial score (nSPS) is 10.0. The molecule has 0 saturated carbocycles. The Morgan fingerprint density at radius 3 is 2.93 bits per heavy atom. The molecule has 5 heteroatoms. The summed E-state index contributed by atoms with van der Waals surface area (Å²) >= 11 is 1.39. The number of nitrogen functional groups attached to an aromatic ring is 1. The lowest BCUT2D eigenvalue weighted by Crippen LogP contribution is -2.17. The van der Waals surface area contributed by atoms with Gasteiger partial charge in [-0.25, -0.2) is 0 Å². The summed E-state index contributed by atoms with van der Waals surface area (Å²) < 4.78 is 0. The van der Waals surface area contributed by atoms with Crippen LogP contribution in [-0.4, -0.2) is 19.5 Å². The van der Waals surface area contributed by atoms with Crippen LogP contribution in [0.15, 0.2) is 6.07 Å². The van der Waals surface area contributed by atoms with E-state index in [4.69, 9.17) is 5.73 Å². The monoisotopic (exact) mass is 227 g/mol. The van der Waals surface area contributed by atoms with Crippen LogP contribution in [-0.2, 0) is 0 Å². The molecule has 0 aliphatic rings. The average Bonchev–Trinajstić information content (AvgIpc) is 2.59. The number of amides is 1. The lowest BCUT2D eigenvalue weighted by atomic mass is 10.3. The fourth-order valence-electron chi connectivity index (χ4n) is 1.17. The highest BCUT2D eigenvalue weighted by atomic mass is 32.1. The van der Waals surface area contributed by atoms with E-state index in [9.17, 15) is 4.79 Å². The minimum Gasteiger partial charge on any atom is -0.397 e. The molecule has 0 radical (unpaired) electrons. The molecule has 4 N–H and O–H groups in total. The van der Waals surface area contributed by atoms with Crippen LogP contribution in [0.2, 0.25) is 0 Å². The quantitative estimate of drug-likeness (QED) is 0.673.